The van der Waals surface area contributed by atoms with E-state index in [9.17, 15) is 9.59 Å². The summed E-state index contributed by atoms with van der Waals surface area (Å²) in [6.07, 6.45) is 1.73. The Morgan fingerprint density at radius 3 is 2.31 bits per heavy atom. The lowest BCUT2D eigenvalue weighted by atomic mass is 10.1. The van der Waals surface area contributed by atoms with E-state index in [-0.39, 0.29) is 11.8 Å². The number of aromatic nitrogens is 2. The van der Waals surface area contributed by atoms with Gasteiger partial charge in [-0.15, -0.1) is 0 Å². The number of nitrogens with zero attached hydrogens (tertiary/aromatic N) is 3. The van der Waals surface area contributed by atoms with Gasteiger partial charge in [-0.1, -0.05) is 11.6 Å². The minimum atomic E-state index is -0.257. The average Bonchev–Trinajstić information content (AvgIpc) is 3.15. The smallest absolute Gasteiger partial charge is 0.255 e. The molecule has 0 unspecified atom stereocenters. The van der Waals surface area contributed by atoms with E-state index in [2.05, 4.69) is 10.4 Å². The van der Waals surface area contributed by atoms with E-state index >= 15 is 0 Å². The molecule has 0 aliphatic carbocycles. The highest BCUT2D eigenvalue weighted by Gasteiger charge is 2.16. The highest BCUT2D eigenvalue weighted by Crippen LogP contribution is 2.23. The molecule has 1 N–H and O–H groups in total. The Bertz CT molecular complexity index is 1020. The highest BCUT2D eigenvalue weighted by atomic mass is 35.5. The number of benzene rings is 2. The second kappa shape index (κ2) is 8.92. The summed E-state index contributed by atoms with van der Waals surface area (Å²) in [5.74, 6) is -0.380. The molecule has 6 nitrogen and oxygen atoms in total. The van der Waals surface area contributed by atoms with Gasteiger partial charge in [-0.2, -0.15) is 5.10 Å². The molecule has 29 heavy (non-hydrogen) atoms. The Hall–Kier alpha value is -3.12. The summed E-state index contributed by atoms with van der Waals surface area (Å²) in [4.78, 5) is 26.7. The van der Waals surface area contributed by atoms with Crippen LogP contribution in [0.15, 0.2) is 54.7 Å². The van der Waals surface area contributed by atoms with E-state index in [1.165, 1.54) is 0 Å². The normalized spacial score (nSPS) is 10.6. The maximum absolute atomic E-state index is 12.6. The summed E-state index contributed by atoms with van der Waals surface area (Å²) in [6, 6.07) is 14.0. The van der Waals surface area contributed by atoms with Crippen LogP contribution in [0.25, 0.3) is 5.69 Å². The van der Waals surface area contributed by atoms with Crippen molar-refractivity contribution in [1.82, 2.24) is 14.7 Å². The molecule has 1 heterocycles. The van der Waals surface area contributed by atoms with Crippen LogP contribution in [0.5, 0.6) is 0 Å². The zero-order chi connectivity index (χ0) is 21.0. The first-order chi connectivity index (χ1) is 13.9. The molecule has 0 bridgehead atoms. The summed E-state index contributed by atoms with van der Waals surface area (Å²) >= 11 is 6.30. The van der Waals surface area contributed by atoms with Gasteiger partial charge >= 0.3 is 0 Å². The number of halogens is 1. The van der Waals surface area contributed by atoms with Crippen LogP contribution in [-0.4, -0.2) is 39.6 Å². The molecule has 150 valence electrons. The average molecular weight is 411 g/mol. The first-order valence-corrected chi connectivity index (χ1v) is 9.83. The Balaban J connectivity index is 1.73. The van der Waals surface area contributed by atoms with Crippen LogP contribution in [-0.2, 0) is 0 Å². The van der Waals surface area contributed by atoms with Crippen molar-refractivity contribution in [2.24, 2.45) is 0 Å². The quantitative estimate of drug-likeness (QED) is 0.647. The van der Waals surface area contributed by atoms with Crippen molar-refractivity contribution < 1.29 is 9.59 Å². The van der Waals surface area contributed by atoms with E-state index in [1.807, 2.05) is 39.0 Å². The van der Waals surface area contributed by atoms with Gasteiger partial charge in [-0.3, -0.25) is 9.59 Å². The Morgan fingerprint density at radius 1 is 1.07 bits per heavy atom. The minimum absolute atomic E-state index is 0.123. The van der Waals surface area contributed by atoms with E-state index in [1.54, 1.807) is 46.1 Å². The molecule has 0 aliphatic heterocycles. The van der Waals surface area contributed by atoms with Crippen molar-refractivity contribution in [2.75, 3.05) is 18.4 Å². The summed E-state index contributed by atoms with van der Waals surface area (Å²) in [5.41, 5.74) is 3.36. The first kappa shape index (κ1) is 20.6. The highest BCUT2D eigenvalue weighted by molar-refractivity contribution is 6.34. The maximum Gasteiger partial charge on any atom is 0.255 e. The molecule has 0 radical (unpaired) electrons. The van der Waals surface area contributed by atoms with E-state index in [0.29, 0.717) is 34.9 Å². The van der Waals surface area contributed by atoms with Crippen molar-refractivity contribution in [3.05, 3.63) is 76.6 Å². The number of hydrogen-bond donors (Lipinski definition) is 1. The minimum Gasteiger partial charge on any atom is -0.339 e. The van der Waals surface area contributed by atoms with Crippen LogP contribution in [0.2, 0.25) is 5.02 Å². The Morgan fingerprint density at radius 2 is 1.76 bits per heavy atom. The molecule has 2 aromatic carbocycles. The molecule has 2 amide bonds. The van der Waals surface area contributed by atoms with Crippen LogP contribution in [0.3, 0.4) is 0 Å². The molecule has 0 atom stereocenters. The lowest BCUT2D eigenvalue weighted by Gasteiger charge is -2.19. The molecular formula is C22H23ClN4O2. The molecule has 7 heteroatoms. The number of nitrogens with one attached hydrogen (secondary N) is 1. The van der Waals surface area contributed by atoms with Gasteiger partial charge in [0.2, 0.25) is 0 Å². The number of carbonyl (C=O) groups is 2. The van der Waals surface area contributed by atoms with Crippen LogP contribution >= 0.6 is 11.6 Å². The lowest BCUT2D eigenvalue weighted by Crippen LogP contribution is -2.30. The van der Waals surface area contributed by atoms with Crippen LogP contribution in [0, 0.1) is 6.92 Å². The van der Waals surface area contributed by atoms with Gasteiger partial charge in [0.15, 0.2) is 0 Å². The monoisotopic (exact) mass is 410 g/mol. The van der Waals surface area contributed by atoms with Crippen LogP contribution < -0.4 is 5.32 Å². The summed E-state index contributed by atoms with van der Waals surface area (Å²) in [6.45, 7) is 7.02. The second-order valence-corrected chi connectivity index (χ2v) is 6.96. The molecule has 3 aromatic rings. The van der Waals surface area contributed by atoms with Crippen molar-refractivity contribution in [1.29, 1.82) is 0 Å². The molecule has 0 aliphatic rings. The van der Waals surface area contributed by atoms with E-state index in [0.717, 1.165) is 11.4 Å². The lowest BCUT2D eigenvalue weighted by molar-refractivity contribution is 0.0773. The SMILES string of the molecule is CCN(CC)C(=O)c1ccc(NC(=O)c2ccc(-n3nccc3C)cc2)cc1Cl. The number of hydrogen-bond acceptors (Lipinski definition) is 3. The zero-order valence-corrected chi connectivity index (χ0v) is 17.4. The van der Waals surface area contributed by atoms with Crippen LogP contribution in [0.1, 0.15) is 40.3 Å². The van der Waals surface area contributed by atoms with E-state index < -0.39 is 0 Å². The molecule has 3 rings (SSSR count). The molecule has 1 aromatic heterocycles. The first-order valence-electron chi connectivity index (χ1n) is 9.45. The topological polar surface area (TPSA) is 67.2 Å². The fraction of sp³-hybridized carbons (Fsp3) is 0.227. The predicted molar refractivity (Wildman–Crippen MR) is 115 cm³/mol. The Kier molecular flexibility index (Phi) is 6.34. The van der Waals surface area contributed by atoms with Gasteiger partial charge < -0.3 is 10.2 Å². The number of amides is 2. The number of rotatable bonds is 6. The van der Waals surface area contributed by atoms with Gasteiger partial charge in [0.1, 0.15) is 0 Å². The number of anilines is 1. The van der Waals surface area contributed by atoms with Gasteiger partial charge in [-0.25, -0.2) is 4.68 Å². The van der Waals surface area contributed by atoms with Crippen molar-refractivity contribution >= 4 is 29.1 Å². The third-order valence-electron chi connectivity index (χ3n) is 4.71. The predicted octanol–water partition coefficient (Wildman–Crippen LogP) is 4.57. The largest absolute Gasteiger partial charge is 0.339 e. The molecule has 0 fully saturated rings. The number of aryl methyl sites for hydroxylation is 1. The van der Waals surface area contributed by atoms with Gasteiger partial charge in [0.05, 0.1) is 16.3 Å². The molecular weight excluding hydrogens is 388 g/mol. The van der Waals surface area contributed by atoms with Crippen molar-refractivity contribution in [3.8, 4) is 5.69 Å². The standard InChI is InChI=1S/C22H23ClN4O2/c1-4-26(5-2)22(29)19-11-8-17(14-20(19)23)25-21(28)16-6-9-18(10-7-16)27-15(3)12-13-24-27/h6-14H,4-5H2,1-3H3,(H,25,28). The van der Waals surface area contributed by atoms with Gasteiger partial charge in [0, 0.05) is 36.2 Å². The maximum atomic E-state index is 12.6. The Labute approximate surface area is 175 Å². The fourth-order valence-electron chi connectivity index (χ4n) is 3.04. The van der Waals surface area contributed by atoms with Crippen molar-refractivity contribution in [3.63, 3.8) is 0 Å². The summed E-state index contributed by atoms with van der Waals surface area (Å²) in [5, 5.41) is 7.38. The summed E-state index contributed by atoms with van der Waals surface area (Å²) in [7, 11) is 0. The number of carbonyl (C=O) groups excluding carboxylic acids is 2. The third-order valence-corrected chi connectivity index (χ3v) is 5.03. The molecule has 0 spiro atoms. The van der Waals surface area contributed by atoms with Gasteiger partial charge in [-0.05, 0) is 69.3 Å². The fourth-order valence-corrected chi connectivity index (χ4v) is 3.31. The van der Waals surface area contributed by atoms with E-state index in [4.69, 9.17) is 11.6 Å². The van der Waals surface area contributed by atoms with Crippen molar-refractivity contribution in [2.45, 2.75) is 20.8 Å². The van der Waals surface area contributed by atoms with Gasteiger partial charge in [0.25, 0.3) is 11.8 Å². The second-order valence-electron chi connectivity index (χ2n) is 6.56. The summed E-state index contributed by atoms with van der Waals surface area (Å²) < 4.78 is 1.80. The molecule has 0 saturated carbocycles. The third kappa shape index (κ3) is 4.49. The molecule has 0 saturated heterocycles. The zero-order valence-electron chi connectivity index (χ0n) is 16.6. The van der Waals surface area contributed by atoms with Crippen LogP contribution in [0.4, 0.5) is 5.69 Å².